The molecule has 1 aliphatic carbocycles. The molecule has 1 saturated carbocycles. The van der Waals surface area contributed by atoms with Crippen LogP contribution in [0.25, 0.3) is 33.2 Å². The predicted octanol–water partition coefficient (Wildman–Crippen LogP) is 5.86. The quantitative estimate of drug-likeness (QED) is 0.259. The number of aromatic nitrogens is 2. The van der Waals surface area contributed by atoms with E-state index in [-0.39, 0.29) is 22.8 Å². The Kier molecular flexibility index (Phi) is 6.43. The molecule has 0 bridgehead atoms. The number of aromatic amines is 1. The Morgan fingerprint density at radius 1 is 0.842 bits per heavy atom. The van der Waals surface area contributed by atoms with Crippen molar-refractivity contribution in [3.05, 3.63) is 91.0 Å². The molecule has 1 amide bonds. The largest absolute Gasteiger partial charge is 0.338 e. The Labute approximate surface area is 221 Å². The number of anilines is 1. The predicted molar refractivity (Wildman–Crippen MR) is 150 cm³/mol. The number of hydrogen-bond acceptors (Lipinski definition) is 4. The number of rotatable bonds is 6. The van der Waals surface area contributed by atoms with Gasteiger partial charge in [-0.05, 0) is 55.3 Å². The van der Waals surface area contributed by atoms with Crippen LogP contribution in [0.2, 0.25) is 0 Å². The van der Waals surface area contributed by atoms with Crippen molar-refractivity contribution >= 4 is 43.4 Å². The summed E-state index contributed by atoms with van der Waals surface area (Å²) in [5, 5.41) is 5.17. The number of fused-ring (bicyclic) bond motifs is 2. The van der Waals surface area contributed by atoms with E-state index in [0.717, 1.165) is 22.0 Å². The summed E-state index contributed by atoms with van der Waals surface area (Å²) in [5.74, 6) is 0.539. The minimum Gasteiger partial charge on any atom is -0.338 e. The number of carbonyl (C=O) groups excluding carboxylic acids is 1. The summed E-state index contributed by atoms with van der Waals surface area (Å²) in [6.07, 6.45) is 2.47. The van der Waals surface area contributed by atoms with Crippen LogP contribution in [0.15, 0.2) is 95.9 Å². The van der Waals surface area contributed by atoms with Crippen LogP contribution in [0.4, 0.5) is 5.69 Å². The lowest BCUT2D eigenvalue weighted by Gasteiger charge is -2.28. The molecule has 0 saturated heterocycles. The van der Waals surface area contributed by atoms with Gasteiger partial charge in [-0.1, -0.05) is 66.7 Å². The van der Waals surface area contributed by atoms with Gasteiger partial charge in [0.2, 0.25) is 15.9 Å². The molecule has 0 radical (unpaired) electrons. The van der Waals surface area contributed by atoms with Gasteiger partial charge in [0, 0.05) is 28.6 Å². The van der Waals surface area contributed by atoms with E-state index in [0.29, 0.717) is 42.5 Å². The van der Waals surface area contributed by atoms with Crippen molar-refractivity contribution in [2.24, 2.45) is 5.92 Å². The number of carbonyl (C=O) groups is 1. The molecule has 6 rings (SSSR count). The van der Waals surface area contributed by atoms with Gasteiger partial charge in [0.25, 0.3) is 0 Å². The first kappa shape index (κ1) is 24.3. The highest BCUT2D eigenvalue weighted by molar-refractivity contribution is 7.89. The lowest BCUT2D eigenvalue weighted by molar-refractivity contribution is -0.120. The molecule has 3 N–H and O–H groups in total. The molecular formula is C30H28N4O3S. The van der Waals surface area contributed by atoms with Crippen LogP contribution >= 0.6 is 0 Å². The molecule has 7 nitrogen and oxygen atoms in total. The normalized spacial score (nSPS) is 18.0. The average molecular weight is 525 g/mol. The van der Waals surface area contributed by atoms with Crippen LogP contribution in [-0.2, 0) is 14.8 Å². The van der Waals surface area contributed by atoms with Gasteiger partial charge in [0.05, 0.1) is 15.9 Å². The third-order valence-electron chi connectivity index (χ3n) is 7.28. The van der Waals surface area contributed by atoms with E-state index in [2.05, 4.69) is 20.0 Å². The molecule has 8 heteroatoms. The lowest BCUT2D eigenvalue weighted by Crippen LogP contribution is -2.39. The molecule has 4 aromatic carbocycles. The molecule has 1 heterocycles. The van der Waals surface area contributed by atoms with E-state index in [1.54, 1.807) is 18.2 Å². The zero-order valence-corrected chi connectivity index (χ0v) is 21.5. The number of amides is 1. The number of hydrogen-bond donors (Lipinski definition) is 3. The summed E-state index contributed by atoms with van der Waals surface area (Å²) in [7, 11) is -3.72. The van der Waals surface area contributed by atoms with Gasteiger partial charge in [-0.3, -0.25) is 4.79 Å². The summed E-state index contributed by atoms with van der Waals surface area (Å²) >= 11 is 0. The number of sulfonamides is 1. The fourth-order valence-corrected chi connectivity index (χ4v) is 6.55. The smallest absolute Gasteiger partial charge is 0.240 e. The summed E-state index contributed by atoms with van der Waals surface area (Å²) < 4.78 is 29.2. The highest BCUT2D eigenvalue weighted by atomic mass is 32.2. The van der Waals surface area contributed by atoms with Crippen molar-refractivity contribution in [3.8, 4) is 11.4 Å². The molecule has 0 unspecified atom stereocenters. The Morgan fingerprint density at radius 2 is 1.58 bits per heavy atom. The summed E-state index contributed by atoms with van der Waals surface area (Å²) in [4.78, 5) is 21.0. The van der Waals surface area contributed by atoms with Crippen molar-refractivity contribution < 1.29 is 13.2 Å². The van der Waals surface area contributed by atoms with Crippen LogP contribution in [0.1, 0.15) is 25.7 Å². The van der Waals surface area contributed by atoms with Crippen LogP contribution < -0.4 is 10.0 Å². The zero-order chi connectivity index (χ0) is 26.1. The zero-order valence-electron chi connectivity index (χ0n) is 20.7. The van der Waals surface area contributed by atoms with Gasteiger partial charge in [-0.2, -0.15) is 0 Å². The van der Waals surface area contributed by atoms with E-state index in [4.69, 9.17) is 0 Å². The minimum absolute atomic E-state index is 0.0124. The molecule has 5 aromatic rings. The fraction of sp³-hybridized carbons (Fsp3) is 0.200. The first-order chi connectivity index (χ1) is 18.5. The minimum atomic E-state index is -3.72. The monoisotopic (exact) mass is 524 g/mol. The van der Waals surface area contributed by atoms with Crippen molar-refractivity contribution in [1.82, 2.24) is 14.7 Å². The first-order valence-corrected chi connectivity index (χ1v) is 14.3. The van der Waals surface area contributed by atoms with E-state index in [1.807, 2.05) is 72.8 Å². The lowest BCUT2D eigenvalue weighted by atomic mass is 9.86. The molecule has 1 fully saturated rings. The molecule has 0 atom stereocenters. The summed E-state index contributed by atoms with van der Waals surface area (Å²) in [6, 6.07) is 28.3. The maximum atomic E-state index is 13.2. The van der Waals surface area contributed by atoms with Crippen molar-refractivity contribution in [1.29, 1.82) is 0 Å². The van der Waals surface area contributed by atoms with Gasteiger partial charge >= 0.3 is 0 Å². The Bertz CT molecular complexity index is 1720. The van der Waals surface area contributed by atoms with Crippen molar-refractivity contribution in [3.63, 3.8) is 0 Å². The third-order valence-corrected chi connectivity index (χ3v) is 8.80. The summed E-state index contributed by atoms with van der Waals surface area (Å²) in [6.45, 7) is 0. The maximum Gasteiger partial charge on any atom is 0.240 e. The van der Waals surface area contributed by atoms with Crippen LogP contribution in [0.3, 0.4) is 0 Å². The van der Waals surface area contributed by atoms with Gasteiger partial charge in [-0.15, -0.1) is 0 Å². The van der Waals surface area contributed by atoms with Gasteiger partial charge < -0.3 is 10.3 Å². The molecule has 1 aromatic heterocycles. The second-order valence-electron chi connectivity index (χ2n) is 9.82. The number of nitrogens with one attached hydrogen (secondary N) is 3. The number of nitrogens with zero attached hydrogens (tertiary/aromatic N) is 1. The van der Waals surface area contributed by atoms with Crippen molar-refractivity contribution in [2.75, 3.05) is 5.32 Å². The van der Waals surface area contributed by atoms with Gasteiger partial charge in [0.15, 0.2) is 0 Å². The standard InChI is InChI=1S/C30H28N4O3S/c35-30(33-26-12-6-10-20-7-4-5-11-25(20)26)22-13-15-23(16-14-22)34-38(36,37)24-17-18-27-28(19-24)32-29(31-27)21-8-2-1-3-9-21/h1-12,17-19,22-23,34H,13-16H2,(H,31,32)(H,33,35). The molecule has 1 aliphatic rings. The first-order valence-electron chi connectivity index (χ1n) is 12.8. The SMILES string of the molecule is O=C(Nc1cccc2ccccc12)C1CCC(NS(=O)(=O)c2ccc3nc(-c4ccccc4)[nH]c3c2)CC1. The molecular weight excluding hydrogens is 496 g/mol. The van der Waals surface area contributed by atoms with Crippen LogP contribution in [0.5, 0.6) is 0 Å². The second-order valence-corrected chi connectivity index (χ2v) is 11.5. The Hall–Kier alpha value is -4.01. The molecule has 0 aliphatic heterocycles. The van der Waals surface area contributed by atoms with E-state index >= 15 is 0 Å². The maximum absolute atomic E-state index is 13.2. The third kappa shape index (κ3) is 4.92. The Balaban J connectivity index is 1.10. The van der Waals surface area contributed by atoms with Gasteiger partial charge in [0.1, 0.15) is 5.82 Å². The van der Waals surface area contributed by atoms with Crippen molar-refractivity contribution in [2.45, 2.75) is 36.6 Å². The van der Waals surface area contributed by atoms with E-state index < -0.39 is 10.0 Å². The number of imidazole rings is 1. The average Bonchev–Trinajstić information content (AvgIpc) is 3.38. The van der Waals surface area contributed by atoms with Crippen LogP contribution in [-0.4, -0.2) is 30.3 Å². The topological polar surface area (TPSA) is 104 Å². The fourth-order valence-electron chi connectivity index (χ4n) is 5.22. The van der Waals surface area contributed by atoms with Gasteiger partial charge in [-0.25, -0.2) is 18.1 Å². The number of H-pyrrole nitrogens is 1. The molecule has 38 heavy (non-hydrogen) atoms. The number of benzene rings is 4. The molecule has 192 valence electrons. The second kappa shape index (κ2) is 10.0. The highest BCUT2D eigenvalue weighted by Crippen LogP contribution is 2.29. The van der Waals surface area contributed by atoms with E-state index in [1.165, 1.54) is 0 Å². The summed E-state index contributed by atoms with van der Waals surface area (Å²) in [5.41, 5.74) is 3.12. The van der Waals surface area contributed by atoms with Crippen LogP contribution in [0, 0.1) is 5.92 Å². The van der Waals surface area contributed by atoms with E-state index in [9.17, 15) is 13.2 Å². The highest BCUT2D eigenvalue weighted by Gasteiger charge is 2.29. The Morgan fingerprint density at radius 3 is 2.39 bits per heavy atom. The molecule has 0 spiro atoms.